The summed E-state index contributed by atoms with van der Waals surface area (Å²) in [6.07, 6.45) is 4.20. The molecule has 0 saturated heterocycles. The summed E-state index contributed by atoms with van der Waals surface area (Å²) in [6.45, 7) is 5.49. The lowest BCUT2D eigenvalue weighted by Gasteiger charge is -2.19. The van der Waals surface area contributed by atoms with Crippen molar-refractivity contribution in [2.24, 2.45) is 0 Å². The monoisotopic (exact) mass is 378 g/mol. The molecule has 0 unspecified atom stereocenters. The van der Waals surface area contributed by atoms with Crippen LogP contribution in [0.15, 0.2) is 20.0 Å². The zero-order chi connectivity index (χ0) is 15.5. The molecule has 7 heteroatoms. The molecule has 0 spiro atoms. The largest absolute Gasteiger partial charge is 0.452 e. The van der Waals surface area contributed by atoms with Crippen LogP contribution in [0, 0.1) is 0 Å². The van der Waals surface area contributed by atoms with Gasteiger partial charge in [-0.1, -0.05) is 20.3 Å². The first-order chi connectivity index (χ1) is 9.98. The molecule has 5 nitrogen and oxygen atoms in total. The summed E-state index contributed by atoms with van der Waals surface area (Å²) in [5, 5.41) is 3.32. The Morgan fingerprint density at radius 1 is 1.43 bits per heavy atom. The smallest absolute Gasteiger partial charge is 0.247 e. The second kappa shape index (κ2) is 7.26. The Hall–Kier alpha value is -0.370. The van der Waals surface area contributed by atoms with Gasteiger partial charge >= 0.3 is 0 Å². The third-order valence-electron chi connectivity index (χ3n) is 3.58. The van der Waals surface area contributed by atoms with Crippen LogP contribution in [0.3, 0.4) is 0 Å². The lowest BCUT2D eigenvalue weighted by atomic mass is 10.3. The van der Waals surface area contributed by atoms with E-state index in [0.717, 1.165) is 12.8 Å². The van der Waals surface area contributed by atoms with Gasteiger partial charge in [-0.2, -0.15) is 4.31 Å². The van der Waals surface area contributed by atoms with Gasteiger partial charge < -0.3 is 9.73 Å². The van der Waals surface area contributed by atoms with Crippen molar-refractivity contribution in [3.05, 3.63) is 16.5 Å². The van der Waals surface area contributed by atoms with E-state index in [-0.39, 0.29) is 4.90 Å². The van der Waals surface area contributed by atoms with Crippen LogP contribution in [0.1, 0.15) is 45.3 Å². The predicted molar refractivity (Wildman–Crippen MR) is 85.6 cm³/mol. The Labute approximate surface area is 135 Å². The Morgan fingerprint density at radius 2 is 2.14 bits per heavy atom. The Morgan fingerprint density at radius 3 is 2.71 bits per heavy atom. The molecule has 21 heavy (non-hydrogen) atoms. The van der Waals surface area contributed by atoms with Gasteiger partial charge in [-0.25, -0.2) is 8.42 Å². The molecule has 2 rings (SSSR count). The van der Waals surface area contributed by atoms with Gasteiger partial charge in [0.1, 0.15) is 10.7 Å². The number of nitrogens with zero attached hydrogens (tertiary/aromatic N) is 1. The first-order valence-electron chi connectivity index (χ1n) is 7.50. The van der Waals surface area contributed by atoms with E-state index in [1.54, 1.807) is 6.07 Å². The quantitative estimate of drug-likeness (QED) is 0.716. The number of furan rings is 1. The van der Waals surface area contributed by atoms with Gasteiger partial charge in [0.05, 0.1) is 6.54 Å². The van der Waals surface area contributed by atoms with E-state index in [4.69, 9.17) is 4.42 Å². The Balaban J connectivity index is 2.13. The molecular formula is C14H23BrN2O3S. The average molecular weight is 379 g/mol. The van der Waals surface area contributed by atoms with Crippen molar-refractivity contribution in [3.8, 4) is 0 Å². The van der Waals surface area contributed by atoms with E-state index < -0.39 is 10.0 Å². The molecule has 1 N–H and O–H groups in total. The van der Waals surface area contributed by atoms with Gasteiger partial charge in [-0.3, -0.25) is 0 Å². The summed E-state index contributed by atoms with van der Waals surface area (Å²) >= 11 is 3.24. The molecule has 1 aliphatic carbocycles. The predicted octanol–water partition coefficient (Wildman–Crippen LogP) is 3.10. The summed E-state index contributed by atoms with van der Waals surface area (Å²) in [4.78, 5) is 0.230. The van der Waals surface area contributed by atoms with E-state index in [1.165, 1.54) is 17.1 Å². The van der Waals surface area contributed by atoms with Gasteiger partial charge in [-0.05, 0) is 35.2 Å². The van der Waals surface area contributed by atoms with Crippen LogP contribution in [0.25, 0.3) is 0 Å². The van der Waals surface area contributed by atoms with Crippen molar-refractivity contribution in [1.82, 2.24) is 9.62 Å². The van der Waals surface area contributed by atoms with Gasteiger partial charge in [0.15, 0.2) is 4.67 Å². The van der Waals surface area contributed by atoms with Crippen LogP contribution >= 0.6 is 15.9 Å². The minimum absolute atomic E-state index is 0.230. The maximum Gasteiger partial charge on any atom is 0.247 e. The maximum absolute atomic E-state index is 12.7. The summed E-state index contributed by atoms with van der Waals surface area (Å²) in [5.41, 5.74) is 0. The van der Waals surface area contributed by atoms with Crippen LogP contribution in [0.4, 0.5) is 0 Å². The average Bonchev–Trinajstić information content (AvgIpc) is 3.19. The fraction of sp³-hybridized carbons (Fsp3) is 0.714. The number of rotatable bonds is 9. The normalized spacial score (nSPS) is 15.8. The van der Waals surface area contributed by atoms with Crippen LogP contribution in [-0.2, 0) is 16.6 Å². The number of sulfonamides is 1. The number of hydrogen-bond donors (Lipinski definition) is 1. The lowest BCUT2D eigenvalue weighted by Crippen LogP contribution is -2.31. The molecule has 1 aliphatic rings. The van der Waals surface area contributed by atoms with E-state index >= 15 is 0 Å². The fourth-order valence-electron chi connectivity index (χ4n) is 2.11. The van der Waals surface area contributed by atoms with Crippen molar-refractivity contribution < 1.29 is 12.8 Å². The molecule has 1 aromatic heterocycles. The highest BCUT2D eigenvalue weighted by atomic mass is 79.9. The van der Waals surface area contributed by atoms with E-state index in [1.807, 2.05) is 6.92 Å². The minimum atomic E-state index is -3.49. The second-order valence-electron chi connectivity index (χ2n) is 5.36. The number of hydrogen-bond acceptors (Lipinski definition) is 4. The summed E-state index contributed by atoms with van der Waals surface area (Å²) in [7, 11) is -3.49. The van der Waals surface area contributed by atoms with E-state index in [2.05, 4.69) is 28.2 Å². The molecule has 0 amide bonds. The van der Waals surface area contributed by atoms with Gasteiger partial charge in [-0.15, -0.1) is 0 Å². The molecular weight excluding hydrogens is 356 g/mol. The maximum atomic E-state index is 12.7. The molecule has 0 aliphatic heterocycles. The Bertz CT molecular complexity index is 567. The summed E-state index contributed by atoms with van der Waals surface area (Å²) in [6, 6.07) is 2.19. The molecule has 0 radical (unpaired) electrons. The van der Waals surface area contributed by atoms with Gasteiger partial charge in [0, 0.05) is 25.2 Å². The minimum Gasteiger partial charge on any atom is -0.452 e. The third kappa shape index (κ3) is 4.31. The standard InChI is InChI=1S/C14H23BrN2O3S/c1-3-5-8-17(4-2)21(18,19)13-9-12(20-14(13)15)10-16-11-6-7-11/h9,11,16H,3-8,10H2,1-2H3. The Kier molecular flexibility index (Phi) is 5.88. The molecule has 0 atom stereocenters. The number of unbranched alkanes of at least 4 members (excludes halogenated alkanes) is 1. The molecule has 1 heterocycles. The highest BCUT2D eigenvalue weighted by molar-refractivity contribution is 9.10. The lowest BCUT2D eigenvalue weighted by molar-refractivity contribution is 0.415. The topological polar surface area (TPSA) is 62.6 Å². The van der Waals surface area contributed by atoms with E-state index in [0.29, 0.717) is 36.1 Å². The first kappa shape index (κ1) is 17.0. The zero-order valence-electron chi connectivity index (χ0n) is 12.6. The summed E-state index contributed by atoms with van der Waals surface area (Å²) < 4.78 is 32.7. The van der Waals surface area contributed by atoms with Gasteiger partial charge in [0.2, 0.25) is 10.0 Å². The number of halogens is 1. The van der Waals surface area contributed by atoms with Crippen molar-refractivity contribution in [3.63, 3.8) is 0 Å². The third-order valence-corrected chi connectivity index (χ3v) is 6.41. The summed E-state index contributed by atoms with van der Waals surface area (Å²) in [5.74, 6) is 0.652. The van der Waals surface area contributed by atoms with Crippen LogP contribution in [0.5, 0.6) is 0 Å². The molecule has 1 saturated carbocycles. The van der Waals surface area contributed by atoms with Crippen LogP contribution < -0.4 is 5.32 Å². The number of nitrogens with one attached hydrogen (secondary N) is 1. The molecule has 0 aromatic carbocycles. The van der Waals surface area contributed by atoms with Crippen molar-refractivity contribution in [2.75, 3.05) is 13.1 Å². The molecule has 1 aromatic rings. The molecule has 1 fully saturated rings. The van der Waals surface area contributed by atoms with Crippen molar-refractivity contribution in [2.45, 2.75) is 57.0 Å². The van der Waals surface area contributed by atoms with E-state index in [9.17, 15) is 8.42 Å². The van der Waals surface area contributed by atoms with Crippen LogP contribution in [0.2, 0.25) is 0 Å². The van der Waals surface area contributed by atoms with Gasteiger partial charge in [0.25, 0.3) is 0 Å². The first-order valence-corrected chi connectivity index (χ1v) is 9.74. The second-order valence-corrected chi connectivity index (χ2v) is 7.98. The highest BCUT2D eigenvalue weighted by Gasteiger charge is 2.28. The fourth-order valence-corrected chi connectivity index (χ4v) is 4.56. The molecule has 120 valence electrons. The highest BCUT2D eigenvalue weighted by Crippen LogP contribution is 2.29. The van der Waals surface area contributed by atoms with Crippen molar-refractivity contribution >= 4 is 26.0 Å². The van der Waals surface area contributed by atoms with Crippen LogP contribution in [-0.4, -0.2) is 31.9 Å². The molecule has 0 bridgehead atoms. The zero-order valence-corrected chi connectivity index (χ0v) is 15.0. The van der Waals surface area contributed by atoms with Crippen molar-refractivity contribution in [1.29, 1.82) is 0 Å². The SMILES string of the molecule is CCCCN(CC)S(=O)(=O)c1cc(CNC2CC2)oc1Br.